The van der Waals surface area contributed by atoms with Gasteiger partial charge >= 0.3 is 0 Å². The summed E-state index contributed by atoms with van der Waals surface area (Å²) in [6.45, 7) is 3.43. The van der Waals surface area contributed by atoms with Crippen molar-refractivity contribution in [1.82, 2.24) is 15.1 Å². The van der Waals surface area contributed by atoms with Crippen molar-refractivity contribution >= 4 is 18.3 Å². The molecule has 1 fully saturated rings. The van der Waals surface area contributed by atoms with Gasteiger partial charge < -0.3 is 19.7 Å². The molecule has 0 radical (unpaired) electrons. The van der Waals surface area contributed by atoms with Crippen molar-refractivity contribution in [2.45, 2.75) is 12.6 Å². The molecular formula is C22H30ClN3O3. The number of hydrogen-bond acceptors (Lipinski definition) is 5. The lowest BCUT2D eigenvalue weighted by Gasteiger charge is -2.37. The molecule has 1 atom stereocenters. The summed E-state index contributed by atoms with van der Waals surface area (Å²) in [6.07, 6.45) is 0. The molecule has 0 aromatic heterocycles. The highest BCUT2D eigenvalue weighted by Gasteiger charge is 2.28. The number of carbonyl (C=O) groups is 1. The van der Waals surface area contributed by atoms with Crippen LogP contribution in [0.4, 0.5) is 0 Å². The van der Waals surface area contributed by atoms with Gasteiger partial charge in [0.1, 0.15) is 11.5 Å². The molecule has 7 heteroatoms. The first-order chi connectivity index (χ1) is 13.6. The summed E-state index contributed by atoms with van der Waals surface area (Å²) in [5.74, 6) is 1.76. The number of methoxy groups -OCH3 is 2. The summed E-state index contributed by atoms with van der Waals surface area (Å²) in [5, 5.41) is 3.43. The highest BCUT2D eigenvalue weighted by Crippen LogP contribution is 2.30. The van der Waals surface area contributed by atoms with Crippen LogP contribution in [0.3, 0.4) is 0 Å². The standard InChI is InChI=1S/C22H29N3O3.ClH/c1-24(15-17-7-6-8-18(13-17)27-2)22(26)16-25-12-11-23-14-20(25)19-9-4-5-10-21(19)28-3;/h4-10,13,20,23H,11-12,14-16H2,1-3H3;1H. The first-order valence-electron chi connectivity index (χ1n) is 9.57. The van der Waals surface area contributed by atoms with Gasteiger partial charge in [0, 0.05) is 38.8 Å². The minimum atomic E-state index is 0. The Kier molecular flexibility index (Phi) is 8.76. The van der Waals surface area contributed by atoms with Crippen molar-refractivity contribution in [2.24, 2.45) is 0 Å². The Balaban J connectivity index is 0.00000300. The second kappa shape index (κ2) is 11.0. The van der Waals surface area contributed by atoms with E-state index in [1.807, 2.05) is 49.5 Å². The first-order valence-corrected chi connectivity index (χ1v) is 9.57. The Hall–Kier alpha value is -2.28. The molecule has 1 amide bonds. The molecular weight excluding hydrogens is 390 g/mol. The lowest BCUT2D eigenvalue weighted by molar-refractivity contribution is -0.132. The van der Waals surface area contributed by atoms with Gasteiger partial charge in [0.2, 0.25) is 5.91 Å². The van der Waals surface area contributed by atoms with Gasteiger partial charge in [-0.3, -0.25) is 9.69 Å². The molecule has 0 bridgehead atoms. The molecule has 1 aliphatic heterocycles. The summed E-state index contributed by atoms with van der Waals surface area (Å²) in [7, 11) is 5.19. The SMILES string of the molecule is COc1cccc(CN(C)C(=O)CN2CCNCC2c2ccccc2OC)c1.Cl. The summed E-state index contributed by atoms with van der Waals surface area (Å²) in [4.78, 5) is 16.9. The number of rotatable bonds is 7. The van der Waals surface area contributed by atoms with Crippen LogP contribution in [0.2, 0.25) is 0 Å². The summed E-state index contributed by atoms with van der Waals surface area (Å²) in [5.41, 5.74) is 2.16. The average Bonchev–Trinajstić information content (AvgIpc) is 2.74. The van der Waals surface area contributed by atoms with Gasteiger partial charge in [-0.25, -0.2) is 0 Å². The Morgan fingerprint density at radius 3 is 2.72 bits per heavy atom. The quantitative estimate of drug-likeness (QED) is 0.747. The monoisotopic (exact) mass is 419 g/mol. The van der Waals surface area contributed by atoms with E-state index in [1.54, 1.807) is 19.1 Å². The molecule has 1 heterocycles. The van der Waals surface area contributed by atoms with Gasteiger partial charge in [-0.05, 0) is 23.8 Å². The molecule has 1 aliphatic rings. The molecule has 3 rings (SSSR count). The zero-order valence-corrected chi connectivity index (χ0v) is 18.1. The van der Waals surface area contributed by atoms with E-state index in [0.29, 0.717) is 13.1 Å². The fraction of sp³-hybridized carbons (Fsp3) is 0.409. The molecule has 1 N–H and O–H groups in total. The number of nitrogens with zero attached hydrogens (tertiary/aromatic N) is 2. The second-order valence-electron chi connectivity index (χ2n) is 7.03. The van der Waals surface area contributed by atoms with Crippen LogP contribution in [-0.2, 0) is 11.3 Å². The van der Waals surface area contributed by atoms with Crippen LogP contribution in [0.25, 0.3) is 0 Å². The molecule has 2 aromatic rings. The number of ether oxygens (including phenoxy) is 2. The lowest BCUT2D eigenvalue weighted by Crippen LogP contribution is -2.49. The molecule has 0 aliphatic carbocycles. The highest BCUT2D eigenvalue weighted by atomic mass is 35.5. The van der Waals surface area contributed by atoms with E-state index < -0.39 is 0 Å². The number of carbonyl (C=O) groups excluding carboxylic acids is 1. The molecule has 1 saturated heterocycles. The average molecular weight is 420 g/mol. The van der Waals surface area contributed by atoms with Crippen molar-refractivity contribution in [3.63, 3.8) is 0 Å². The first kappa shape index (κ1) is 23.0. The molecule has 2 aromatic carbocycles. The third kappa shape index (κ3) is 5.85. The maximum atomic E-state index is 12.9. The van der Waals surface area contributed by atoms with E-state index in [2.05, 4.69) is 16.3 Å². The molecule has 6 nitrogen and oxygen atoms in total. The summed E-state index contributed by atoms with van der Waals surface area (Å²) >= 11 is 0. The van der Waals surface area contributed by atoms with Gasteiger partial charge in [-0.2, -0.15) is 0 Å². The van der Waals surface area contributed by atoms with Crippen molar-refractivity contribution in [3.05, 3.63) is 59.7 Å². The van der Waals surface area contributed by atoms with Crippen LogP contribution in [0.1, 0.15) is 17.2 Å². The van der Waals surface area contributed by atoms with Gasteiger partial charge in [0.05, 0.1) is 26.8 Å². The van der Waals surface area contributed by atoms with Crippen molar-refractivity contribution < 1.29 is 14.3 Å². The number of para-hydroxylation sites is 1. The molecule has 29 heavy (non-hydrogen) atoms. The number of halogens is 1. The normalized spacial score (nSPS) is 16.6. The lowest BCUT2D eigenvalue weighted by atomic mass is 10.0. The number of hydrogen-bond donors (Lipinski definition) is 1. The van der Waals surface area contributed by atoms with E-state index in [9.17, 15) is 4.79 Å². The van der Waals surface area contributed by atoms with Crippen LogP contribution in [0, 0.1) is 0 Å². The molecule has 158 valence electrons. The third-order valence-corrected chi connectivity index (χ3v) is 5.17. The molecule has 0 spiro atoms. The van der Waals surface area contributed by atoms with E-state index in [1.165, 1.54) is 0 Å². The van der Waals surface area contributed by atoms with Crippen molar-refractivity contribution in [3.8, 4) is 11.5 Å². The van der Waals surface area contributed by atoms with Crippen LogP contribution in [0.15, 0.2) is 48.5 Å². The summed E-state index contributed by atoms with van der Waals surface area (Å²) in [6, 6.07) is 16.0. The Labute approximate surface area is 179 Å². The van der Waals surface area contributed by atoms with Crippen LogP contribution >= 0.6 is 12.4 Å². The number of amides is 1. The van der Waals surface area contributed by atoms with E-state index in [4.69, 9.17) is 9.47 Å². The minimum Gasteiger partial charge on any atom is -0.497 e. The predicted molar refractivity (Wildman–Crippen MR) is 117 cm³/mol. The summed E-state index contributed by atoms with van der Waals surface area (Å²) < 4.78 is 10.8. The number of piperazine rings is 1. The Morgan fingerprint density at radius 1 is 1.17 bits per heavy atom. The zero-order valence-electron chi connectivity index (χ0n) is 17.3. The Bertz CT molecular complexity index is 802. The van der Waals surface area contributed by atoms with E-state index in [-0.39, 0.29) is 24.4 Å². The molecule has 0 saturated carbocycles. The molecule has 1 unspecified atom stereocenters. The van der Waals surface area contributed by atoms with Crippen molar-refractivity contribution in [1.29, 1.82) is 0 Å². The third-order valence-electron chi connectivity index (χ3n) is 5.17. The smallest absolute Gasteiger partial charge is 0.236 e. The minimum absolute atomic E-state index is 0. The fourth-order valence-corrected chi connectivity index (χ4v) is 3.61. The highest BCUT2D eigenvalue weighted by molar-refractivity contribution is 5.85. The van der Waals surface area contributed by atoms with Crippen LogP contribution < -0.4 is 14.8 Å². The van der Waals surface area contributed by atoms with E-state index in [0.717, 1.165) is 42.3 Å². The number of likely N-dealkylation sites (N-methyl/N-ethyl adjacent to an activating group) is 1. The predicted octanol–water partition coefficient (Wildman–Crippen LogP) is 2.73. The van der Waals surface area contributed by atoms with Crippen LogP contribution in [0.5, 0.6) is 11.5 Å². The van der Waals surface area contributed by atoms with E-state index >= 15 is 0 Å². The fourth-order valence-electron chi connectivity index (χ4n) is 3.61. The van der Waals surface area contributed by atoms with Gasteiger partial charge in [0.15, 0.2) is 0 Å². The maximum absolute atomic E-state index is 12.9. The Morgan fingerprint density at radius 2 is 1.97 bits per heavy atom. The largest absolute Gasteiger partial charge is 0.497 e. The van der Waals surface area contributed by atoms with Gasteiger partial charge in [-0.15, -0.1) is 12.4 Å². The number of benzene rings is 2. The second-order valence-corrected chi connectivity index (χ2v) is 7.03. The maximum Gasteiger partial charge on any atom is 0.236 e. The van der Waals surface area contributed by atoms with Gasteiger partial charge in [0.25, 0.3) is 0 Å². The topological polar surface area (TPSA) is 54.0 Å². The van der Waals surface area contributed by atoms with Crippen molar-refractivity contribution in [2.75, 3.05) is 47.4 Å². The zero-order chi connectivity index (χ0) is 19.9. The van der Waals surface area contributed by atoms with Crippen LogP contribution in [-0.4, -0.2) is 63.2 Å². The number of nitrogens with one attached hydrogen (secondary N) is 1. The van der Waals surface area contributed by atoms with Gasteiger partial charge in [-0.1, -0.05) is 30.3 Å².